The molecule has 0 bridgehead atoms. The van der Waals surface area contributed by atoms with Crippen molar-refractivity contribution in [3.05, 3.63) is 0 Å². The number of unbranched alkanes of at least 4 members (excludes halogenated alkanes) is 1. The molecular formula is C16H32N2O2. The minimum atomic E-state index is -0.785. The normalized spacial score (nSPS) is 23.0. The third-order valence-corrected chi connectivity index (χ3v) is 4.67. The Morgan fingerprint density at radius 2 is 1.75 bits per heavy atom. The molecule has 1 amide bonds. The van der Waals surface area contributed by atoms with Crippen LogP contribution < -0.4 is 0 Å². The van der Waals surface area contributed by atoms with Crippen molar-refractivity contribution in [2.45, 2.75) is 64.3 Å². The molecule has 118 valence electrons. The van der Waals surface area contributed by atoms with Crippen LogP contribution in [-0.4, -0.2) is 54.2 Å². The zero-order chi connectivity index (χ0) is 15.0. The van der Waals surface area contributed by atoms with Crippen LogP contribution in [-0.2, 0) is 0 Å². The van der Waals surface area contributed by atoms with Gasteiger partial charge in [0, 0.05) is 13.1 Å². The lowest BCUT2D eigenvalue weighted by Crippen LogP contribution is -2.38. The van der Waals surface area contributed by atoms with Crippen LogP contribution in [0.5, 0.6) is 0 Å². The van der Waals surface area contributed by atoms with Crippen molar-refractivity contribution >= 4 is 6.09 Å². The maximum atomic E-state index is 10.9. The Labute approximate surface area is 124 Å². The monoisotopic (exact) mass is 284 g/mol. The summed E-state index contributed by atoms with van der Waals surface area (Å²) < 4.78 is 0. The third-order valence-electron chi connectivity index (χ3n) is 4.67. The first-order valence-electron chi connectivity index (χ1n) is 8.18. The van der Waals surface area contributed by atoms with Crippen molar-refractivity contribution in [3.8, 4) is 0 Å². The number of carbonyl (C=O) groups is 1. The van der Waals surface area contributed by atoms with Gasteiger partial charge >= 0.3 is 6.09 Å². The third kappa shape index (κ3) is 6.12. The van der Waals surface area contributed by atoms with Gasteiger partial charge in [0.15, 0.2) is 0 Å². The first-order valence-corrected chi connectivity index (χ1v) is 8.18. The van der Waals surface area contributed by atoms with Crippen LogP contribution in [0, 0.1) is 5.92 Å². The Morgan fingerprint density at radius 3 is 2.30 bits per heavy atom. The standard InChI is InChI=1S/C16H32N2O2/c1-4-12-17(2)13-6-5-7-14-8-10-15(11-9-14)18(3)16(19)20/h14-15H,4-13H2,1-3H3,(H,19,20). The molecular weight excluding hydrogens is 252 g/mol. The molecule has 0 aromatic carbocycles. The van der Waals surface area contributed by atoms with Gasteiger partial charge in [-0.3, -0.25) is 0 Å². The fraction of sp³-hybridized carbons (Fsp3) is 0.938. The maximum Gasteiger partial charge on any atom is 0.407 e. The highest BCUT2D eigenvalue weighted by atomic mass is 16.4. The van der Waals surface area contributed by atoms with Gasteiger partial charge in [-0.1, -0.05) is 19.8 Å². The highest BCUT2D eigenvalue weighted by molar-refractivity contribution is 5.64. The topological polar surface area (TPSA) is 43.8 Å². The molecule has 0 aromatic heterocycles. The van der Waals surface area contributed by atoms with Gasteiger partial charge < -0.3 is 14.9 Å². The molecule has 0 aliphatic heterocycles. The van der Waals surface area contributed by atoms with E-state index in [0.717, 1.165) is 18.8 Å². The van der Waals surface area contributed by atoms with Crippen molar-refractivity contribution in [1.29, 1.82) is 0 Å². The molecule has 0 spiro atoms. The van der Waals surface area contributed by atoms with E-state index in [4.69, 9.17) is 5.11 Å². The SMILES string of the molecule is CCCN(C)CCCCC1CCC(N(C)C(=O)O)CC1. The van der Waals surface area contributed by atoms with E-state index in [1.165, 1.54) is 56.5 Å². The molecule has 0 aromatic rings. The van der Waals surface area contributed by atoms with Crippen molar-refractivity contribution in [2.75, 3.05) is 27.2 Å². The Hall–Kier alpha value is -0.770. The second-order valence-corrected chi connectivity index (χ2v) is 6.37. The second-order valence-electron chi connectivity index (χ2n) is 6.37. The van der Waals surface area contributed by atoms with E-state index in [9.17, 15) is 4.79 Å². The van der Waals surface area contributed by atoms with Crippen LogP contribution in [0.2, 0.25) is 0 Å². The van der Waals surface area contributed by atoms with Gasteiger partial charge in [-0.15, -0.1) is 0 Å². The second kappa shape index (κ2) is 9.22. The van der Waals surface area contributed by atoms with Gasteiger partial charge in [0.1, 0.15) is 0 Å². The first kappa shape index (κ1) is 17.3. The molecule has 0 unspecified atom stereocenters. The Bertz CT molecular complexity index is 276. The molecule has 1 saturated carbocycles. The van der Waals surface area contributed by atoms with Crippen LogP contribution in [0.4, 0.5) is 4.79 Å². The zero-order valence-electron chi connectivity index (χ0n) is 13.5. The van der Waals surface area contributed by atoms with Gasteiger partial charge in [0.2, 0.25) is 0 Å². The number of carboxylic acid groups (broad SMARTS) is 1. The van der Waals surface area contributed by atoms with Crippen LogP contribution in [0.25, 0.3) is 0 Å². The van der Waals surface area contributed by atoms with Gasteiger partial charge in [-0.05, 0) is 64.6 Å². The molecule has 1 rings (SSSR count). The smallest absolute Gasteiger partial charge is 0.407 e. The summed E-state index contributed by atoms with van der Waals surface area (Å²) in [5, 5.41) is 8.99. The maximum absolute atomic E-state index is 10.9. The zero-order valence-corrected chi connectivity index (χ0v) is 13.5. The fourth-order valence-electron chi connectivity index (χ4n) is 3.29. The molecule has 1 aliphatic rings. The van der Waals surface area contributed by atoms with Gasteiger partial charge in [0.25, 0.3) is 0 Å². The lowest BCUT2D eigenvalue weighted by Gasteiger charge is -2.33. The summed E-state index contributed by atoms with van der Waals surface area (Å²) in [5.74, 6) is 0.824. The van der Waals surface area contributed by atoms with E-state index in [2.05, 4.69) is 18.9 Å². The molecule has 1 aliphatic carbocycles. The molecule has 20 heavy (non-hydrogen) atoms. The molecule has 4 heteroatoms. The minimum absolute atomic E-state index is 0.249. The number of hydrogen-bond acceptors (Lipinski definition) is 2. The van der Waals surface area contributed by atoms with Gasteiger partial charge in [-0.25, -0.2) is 4.79 Å². The predicted octanol–water partition coefficient (Wildman–Crippen LogP) is 3.67. The van der Waals surface area contributed by atoms with E-state index in [-0.39, 0.29) is 6.04 Å². The molecule has 0 heterocycles. The summed E-state index contributed by atoms with van der Waals surface area (Å²) >= 11 is 0. The number of amides is 1. The lowest BCUT2D eigenvalue weighted by atomic mass is 9.82. The van der Waals surface area contributed by atoms with Crippen molar-refractivity contribution in [3.63, 3.8) is 0 Å². The van der Waals surface area contributed by atoms with Crippen LogP contribution in [0.15, 0.2) is 0 Å². The van der Waals surface area contributed by atoms with Crippen molar-refractivity contribution in [2.24, 2.45) is 5.92 Å². The summed E-state index contributed by atoms with van der Waals surface area (Å²) in [6, 6.07) is 0.249. The van der Waals surface area contributed by atoms with Crippen molar-refractivity contribution in [1.82, 2.24) is 9.80 Å². The Morgan fingerprint density at radius 1 is 1.10 bits per heavy atom. The van der Waals surface area contributed by atoms with E-state index in [1.807, 2.05) is 0 Å². The number of hydrogen-bond donors (Lipinski definition) is 1. The first-order chi connectivity index (χ1) is 9.54. The molecule has 0 radical (unpaired) electrons. The largest absolute Gasteiger partial charge is 0.465 e. The van der Waals surface area contributed by atoms with Crippen molar-refractivity contribution < 1.29 is 9.90 Å². The number of nitrogens with zero attached hydrogens (tertiary/aromatic N) is 2. The summed E-state index contributed by atoms with van der Waals surface area (Å²) in [4.78, 5) is 14.8. The summed E-state index contributed by atoms with van der Waals surface area (Å²) in [6.07, 6.45) is 8.88. The molecule has 0 saturated heterocycles. The lowest BCUT2D eigenvalue weighted by molar-refractivity contribution is 0.117. The molecule has 4 nitrogen and oxygen atoms in total. The molecule has 1 fully saturated rings. The average Bonchev–Trinajstić information content (AvgIpc) is 2.43. The highest BCUT2D eigenvalue weighted by Crippen LogP contribution is 2.30. The fourth-order valence-corrected chi connectivity index (χ4v) is 3.29. The van der Waals surface area contributed by atoms with E-state index in [0.29, 0.717) is 0 Å². The molecule has 0 atom stereocenters. The van der Waals surface area contributed by atoms with Gasteiger partial charge in [0.05, 0.1) is 0 Å². The van der Waals surface area contributed by atoms with Gasteiger partial charge in [-0.2, -0.15) is 0 Å². The van der Waals surface area contributed by atoms with E-state index >= 15 is 0 Å². The van der Waals surface area contributed by atoms with E-state index < -0.39 is 6.09 Å². The predicted molar refractivity (Wildman–Crippen MR) is 83.2 cm³/mol. The number of rotatable bonds is 8. The molecule has 1 N–H and O–H groups in total. The quantitative estimate of drug-likeness (QED) is 0.692. The summed E-state index contributed by atoms with van der Waals surface area (Å²) in [6.45, 7) is 4.64. The van der Waals surface area contributed by atoms with Crippen LogP contribution >= 0.6 is 0 Å². The Kier molecular flexibility index (Phi) is 7.97. The highest BCUT2D eigenvalue weighted by Gasteiger charge is 2.25. The van der Waals surface area contributed by atoms with Crippen LogP contribution in [0.3, 0.4) is 0 Å². The van der Waals surface area contributed by atoms with E-state index in [1.54, 1.807) is 7.05 Å². The van der Waals surface area contributed by atoms with Crippen LogP contribution in [0.1, 0.15) is 58.3 Å². The minimum Gasteiger partial charge on any atom is -0.465 e. The average molecular weight is 284 g/mol. The summed E-state index contributed by atoms with van der Waals surface area (Å²) in [5.41, 5.74) is 0. The summed E-state index contributed by atoms with van der Waals surface area (Å²) in [7, 11) is 3.91. The Balaban J connectivity index is 2.09.